The summed E-state index contributed by atoms with van der Waals surface area (Å²) in [6, 6.07) is 16.0. The molecule has 0 unspecified atom stereocenters. The van der Waals surface area contributed by atoms with E-state index in [-0.39, 0.29) is 29.3 Å². The van der Waals surface area contributed by atoms with Crippen molar-refractivity contribution in [1.29, 1.82) is 0 Å². The van der Waals surface area contributed by atoms with Crippen molar-refractivity contribution >= 4 is 23.2 Å². The number of nitrogens with one attached hydrogen (secondary N) is 1. The molecule has 6 nitrogen and oxygen atoms in total. The molecule has 2 aromatic rings. The number of piperidine rings is 1. The van der Waals surface area contributed by atoms with Crippen molar-refractivity contribution < 1.29 is 18.7 Å². The molecule has 2 aromatic carbocycles. The molecule has 0 bridgehead atoms. The van der Waals surface area contributed by atoms with Crippen LogP contribution in [0.4, 0.5) is 9.18 Å². The fourth-order valence-electron chi connectivity index (χ4n) is 4.60. The van der Waals surface area contributed by atoms with E-state index in [1.165, 1.54) is 19.1 Å². The van der Waals surface area contributed by atoms with Gasteiger partial charge in [0.15, 0.2) is 5.78 Å². The molecule has 0 saturated carbocycles. The van der Waals surface area contributed by atoms with E-state index in [2.05, 4.69) is 23.8 Å². The van der Waals surface area contributed by atoms with Gasteiger partial charge in [-0.25, -0.2) is 14.2 Å². The normalized spacial score (nSPS) is 14.1. The standard InChI is InChI=1S/C25H27FN2O.C11H21NO2.3C2H6/c1-6-10-24(28-20(5)27-18(3)21-11-8-7-9-12-21)17(2)25(19(4)29)22-13-15-23(26)16-14-22;1-9-5-7-12(8-6-9)10(13)14-11(2,3)4;3*1-2/h6-16,18,27H,5H2,1-4H3;9H,5-8H2,1-4H3;3*1-2H3/b10-6-,25-17-,28-24+;;;;/t18-;;;;/m0..../s1. The molecule has 1 aliphatic heterocycles. The largest absolute Gasteiger partial charge is 0.444 e. The fraction of sp³-hybridized carbons (Fsp3) is 0.500. The zero-order chi connectivity index (χ0) is 38.2. The van der Waals surface area contributed by atoms with Crippen LogP contribution in [0.15, 0.2) is 89.7 Å². The lowest BCUT2D eigenvalue weighted by atomic mass is 9.94. The maximum atomic E-state index is 13.3. The zero-order valence-electron chi connectivity index (χ0n) is 33.0. The zero-order valence-corrected chi connectivity index (χ0v) is 33.0. The SMILES string of the molecule is C=C(/N=C(\C=C/C)C(/C)=C(/C(C)=O)c1ccc(F)cc1)N[C@@H](C)c1ccccc1.CC.CC.CC.CC1CCN(C(=O)OC(C)(C)C)CC1. The second-order valence-corrected chi connectivity index (χ2v) is 11.9. The van der Waals surface area contributed by atoms with Crippen LogP contribution in [0.1, 0.15) is 127 Å². The quantitative estimate of drug-likeness (QED) is 0.223. The van der Waals surface area contributed by atoms with Gasteiger partial charge in [0.1, 0.15) is 17.2 Å². The monoisotopic (exact) mass is 680 g/mol. The smallest absolute Gasteiger partial charge is 0.410 e. The fourth-order valence-corrected chi connectivity index (χ4v) is 4.60. The van der Waals surface area contributed by atoms with Crippen LogP contribution >= 0.6 is 0 Å². The third-order valence-electron chi connectivity index (χ3n) is 6.94. The van der Waals surface area contributed by atoms with Crippen LogP contribution in [0.5, 0.6) is 0 Å². The lowest BCUT2D eigenvalue weighted by molar-refractivity contribution is -0.111. The molecule has 3 rings (SSSR count). The predicted molar refractivity (Wildman–Crippen MR) is 209 cm³/mol. The Morgan fingerprint density at radius 2 is 1.47 bits per heavy atom. The van der Waals surface area contributed by atoms with Crippen molar-refractivity contribution in [3.05, 3.63) is 102 Å². The summed E-state index contributed by atoms with van der Waals surface area (Å²) in [7, 11) is 0. The van der Waals surface area contributed by atoms with Crippen LogP contribution in [0.2, 0.25) is 0 Å². The van der Waals surface area contributed by atoms with Crippen LogP contribution in [0, 0.1) is 11.7 Å². The summed E-state index contributed by atoms with van der Waals surface area (Å²) in [4.78, 5) is 30.4. The highest BCUT2D eigenvalue weighted by atomic mass is 19.1. The second-order valence-electron chi connectivity index (χ2n) is 11.9. The van der Waals surface area contributed by atoms with Crippen LogP contribution < -0.4 is 5.32 Å². The highest BCUT2D eigenvalue weighted by Crippen LogP contribution is 2.23. The molecule has 1 fully saturated rings. The maximum absolute atomic E-state index is 13.3. The van der Waals surface area contributed by atoms with Crippen molar-refractivity contribution in [2.75, 3.05) is 13.1 Å². The van der Waals surface area contributed by atoms with Crippen molar-refractivity contribution in [3.8, 4) is 0 Å². The Kier molecular flexibility index (Phi) is 24.9. The molecule has 1 amide bonds. The summed E-state index contributed by atoms with van der Waals surface area (Å²) in [5.41, 5.74) is 3.24. The molecule has 7 heteroatoms. The van der Waals surface area contributed by atoms with Gasteiger partial charge in [-0.15, -0.1) is 0 Å². The lowest BCUT2D eigenvalue weighted by Crippen LogP contribution is -2.41. The summed E-state index contributed by atoms with van der Waals surface area (Å²) < 4.78 is 18.6. The van der Waals surface area contributed by atoms with E-state index < -0.39 is 0 Å². The van der Waals surface area contributed by atoms with Crippen LogP contribution in [0.3, 0.4) is 0 Å². The molecular formula is C42H66FN3O3. The first-order valence-electron chi connectivity index (χ1n) is 17.9. The molecule has 1 N–H and O–H groups in total. The van der Waals surface area contributed by atoms with Gasteiger partial charge in [0, 0.05) is 24.7 Å². The topological polar surface area (TPSA) is 71.0 Å². The summed E-state index contributed by atoms with van der Waals surface area (Å²) in [6.07, 6.45) is 5.73. The number of allylic oxidation sites excluding steroid dienone is 4. The molecule has 0 radical (unpaired) electrons. The predicted octanol–water partition coefficient (Wildman–Crippen LogP) is 11.8. The number of hydrogen-bond donors (Lipinski definition) is 1. The Labute approximate surface area is 298 Å². The van der Waals surface area contributed by atoms with Gasteiger partial charge in [0.25, 0.3) is 0 Å². The van der Waals surface area contributed by atoms with Gasteiger partial charge < -0.3 is 15.0 Å². The molecule has 1 atom stereocenters. The third kappa shape index (κ3) is 18.9. The van der Waals surface area contributed by atoms with Gasteiger partial charge in [0.2, 0.25) is 0 Å². The number of nitrogens with zero attached hydrogens (tertiary/aromatic N) is 2. The number of carbonyl (C=O) groups excluding carboxylic acids is 2. The Hall–Kier alpha value is -4.00. The van der Waals surface area contributed by atoms with Crippen molar-refractivity contribution in [1.82, 2.24) is 10.2 Å². The van der Waals surface area contributed by atoms with E-state index in [1.807, 2.05) is 130 Å². The minimum absolute atomic E-state index is 0.0352. The van der Waals surface area contributed by atoms with E-state index >= 15 is 0 Å². The summed E-state index contributed by atoms with van der Waals surface area (Å²) in [6.45, 7) is 32.9. The number of halogens is 1. The number of ether oxygens (including phenoxy) is 1. The number of rotatable bonds is 8. The van der Waals surface area contributed by atoms with E-state index in [4.69, 9.17) is 4.74 Å². The Balaban J connectivity index is 0. The Bertz CT molecular complexity index is 1320. The second kappa shape index (κ2) is 25.9. The molecular weight excluding hydrogens is 613 g/mol. The van der Waals surface area contributed by atoms with Crippen LogP contribution in [-0.4, -0.2) is 41.2 Å². The number of benzene rings is 2. The number of amides is 1. The van der Waals surface area contributed by atoms with Gasteiger partial charge in [-0.05, 0) is 102 Å². The van der Waals surface area contributed by atoms with Gasteiger partial charge in [-0.2, -0.15) is 0 Å². The van der Waals surface area contributed by atoms with Gasteiger partial charge in [-0.3, -0.25) is 4.79 Å². The summed E-state index contributed by atoms with van der Waals surface area (Å²) >= 11 is 0. The van der Waals surface area contributed by atoms with E-state index in [9.17, 15) is 14.0 Å². The number of hydrogen-bond acceptors (Lipinski definition) is 5. The van der Waals surface area contributed by atoms with E-state index in [0.717, 1.165) is 37.4 Å². The van der Waals surface area contributed by atoms with Crippen molar-refractivity contribution in [2.24, 2.45) is 10.9 Å². The lowest BCUT2D eigenvalue weighted by Gasteiger charge is -2.32. The van der Waals surface area contributed by atoms with E-state index in [1.54, 1.807) is 12.1 Å². The average Bonchev–Trinajstić information content (AvgIpc) is 3.08. The first-order chi connectivity index (χ1) is 23.2. The number of carbonyl (C=O) groups is 2. The van der Waals surface area contributed by atoms with Crippen LogP contribution in [0.25, 0.3) is 5.57 Å². The van der Waals surface area contributed by atoms with Crippen molar-refractivity contribution in [3.63, 3.8) is 0 Å². The molecule has 274 valence electrons. The molecule has 49 heavy (non-hydrogen) atoms. The third-order valence-corrected chi connectivity index (χ3v) is 6.94. The summed E-state index contributed by atoms with van der Waals surface area (Å²) in [5.74, 6) is 0.788. The number of aliphatic imine (C=N–C) groups is 1. The Morgan fingerprint density at radius 3 is 1.92 bits per heavy atom. The average molecular weight is 680 g/mol. The number of likely N-dealkylation sites (tertiary alicyclic amines) is 1. The highest BCUT2D eigenvalue weighted by molar-refractivity contribution is 6.28. The number of Topliss-reactive ketones (excluding diaryl/α,β-unsaturated/α-hetero) is 1. The Morgan fingerprint density at radius 1 is 0.959 bits per heavy atom. The van der Waals surface area contributed by atoms with Crippen LogP contribution in [-0.2, 0) is 9.53 Å². The molecule has 1 saturated heterocycles. The molecule has 0 aliphatic carbocycles. The van der Waals surface area contributed by atoms with Gasteiger partial charge >= 0.3 is 6.09 Å². The first kappa shape index (κ1) is 47.1. The first-order valence-corrected chi connectivity index (χ1v) is 17.9. The summed E-state index contributed by atoms with van der Waals surface area (Å²) in [5, 5.41) is 3.28. The highest BCUT2D eigenvalue weighted by Gasteiger charge is 2.25. The minimum Gasteiger partial charge on any atom is -0.444 e. The minimum atomic E-state index is -0.375. The van der Waals surface area contributed by atoms with Gasteiger partial charge in [-0.1, -0.05) is 104 Å². The molecule has 1 aliphatic rings. The molecule has 1 heterocycles. The molecule has 0 aromatic heterocycles. The van der Waals surface area contributed by atoms with E-state index in [0.29, 0.717) is 28.2 Å². The van der Waals surface area contributed by atoms with Crippen molar-refractivity contribution in [2.45, 2.75) is 121 Å². The van der Waals surface area contributed by atoms with Gasteiger partial charge in [0.05, 0.1) is 5.71 Å². The number of ketones is 1. The molecule has 0 spiro atoms. The maximum Gasteiger partial charge on any atom is 0.410 e.